The van der Waals surface area contributed by atoms with Gasteiger partial charge in [-0.25, -0.2) is 0 Å². The Morgan fingerprint density at radius 1 is 1.18 bits per heavy atom. The molecule has 1 atom stereocenters. The first-order valence-corrected chi connectivity index (χ1v) is 6.86. The highest BCUT2D eigenvalue weighted by atomic mass is 14.9. The molecule has 1 aromatic heterocycles. The number of nitrogens with one attached hydrogen (secondary N) is 1. The smallest absolute Gasteiger partial charge is 0.0438 e. The molecule has 2 heteroatoms. The molecule has 0 bridgehead atoms. The van der Waals surface area contributed by atoms with Crippen LogP contribution < -0.4 is 5.32 Å². The predicted octanol–water partition coefficient (Wildman–Crippen LogP) is 3.31. The number of rotatable bonds is 3. The van der Waals surface area contributed by atoms with Crippen LogP contribution in [0, 0.1) is 5.92 Å². The molecule has 0 unspecified atom stereocenters. The summed E-state index contributed by atoms with van der Waals surface area (Å²) in [5, 5.41) is 3.41. The summed E-state index contributed by atoms with van der Waals surface area (Å²) in [4.78, 5) is 4.89. The zero-order valence-corrected chi connectivity index (χ0v) is 11.2. The molecule has 1 fully saturated rings. The van der Waals surface area contributed by atoms with Gasteiger partial charge in [-0.05, 0) is 44.0 Å². The van der Waals surface area contributed by atoms with Crippen molar-refractivity contribution in [3.05, 3.63) is 29.6 Å². The van der Waals surface area contributed by atoms with Crippen LogP contribution >= 0.6 is 0 Å². The van der Waals surface area contributed by atoms with Gasteiger partial charge in [-0.2, -0.15) is 0 Å². The van der Waals surface area contributed by atoms with Gasteiger partial charge >= 0.3 is 0 Å². The fourth-order valence-electron chi connectivity index (χ4n) is 2.41. The summed E-state index contributed by atoms with van der Waals surface area (Å²) in [6.45, 7) is 9.08. The minimum atomic E-state index is 0.552. The van der Waals surface area contributed by atoms with Gasteiger partial charge in [-0.1, -0.05) is 26.8 Å². The van der Waals surface area contributed by atoms with E-state index in [4.69, 9.17) is 4.98 Å². The van der Waals surface area contributed by atoms with E-state index in [1.807, 2.05) is 0 Å². The highest BCUT2D eigenvalue weighted by molar-refractivity contribution is 5.18. The molecular formula is C15H24N2. The molecule has 1 aromatic rings. The lowest BCUT2D eigenvalue weighted by atomic mass is 9.91. The van der Waals surface area contributed by atoms with Crippen molar-refractivity contribution in [2.45, 2.75) is 45.4 Å². The molecule has 2 heterocycles. The summed E-state index contributed by atoms with van der Waals surface area (Å²) < 4.78 is 0. The van der Waals surface area contributed by atoms with E-state index in [2.05, 4.69) is 44.3 Å². The van der Waals surface area contributed by atoms with Gasteiger partial charge in [0.1, 0.15) is 0 Å². The van der Waals surface area contributed by atoms with E-state index in [1.165, 1.54) is 24.2 Å². The zero-order valence-electron chi connectivity index (χ0n) is 11.2. The largest absolute Gasteiger partial charge is 0.317 e. The minimum Gasteiger partial charge on any atom is -0.317 e. The topological polar surface area (TPSA) is 24.9 Å². The summed E-state index contributed by atoms with van der Waals surface area (Å²) in [6.07, 6.45) is 2.46. The zero-order chi connectivity index (χ0) is 12.3. The summed E-state index contributed by atoms with van der Waals surface area (Å²) in [6, 6.07) is 6.56. The summed E-state index contributed by atoms with van der Waals surface area (Å²) in [5.74, 6) is 1.87. The minimum absolute atomic E-state index is 0.552. The van der Waals surface area contributed by atoms with Crippen molar-refractivity contribution >= 4 is 0 Å². The number of pyridine rings is 1. The van der Waals surface area contributed by atoms with Crippen molar-refractivity contribution in [1.29, 1.82) is 0 Å². The van der Waals surface area contributed by atoms with Crippen molar-refractivity contribution in [3.8, 4) is 0 Å². The van der Waals surface area contributed by atoms with Crippen LogP contribution in [0.15, 0.2) is 18.2 Å². The Hall–Kier alpha value is -0.890. The Morgan fingerprint density at radius 2 is 1.88 bits per heavy atom. The molecule has 94 valence electrons. The van der Waals surface area contributed by atoms with Crippen LogP contribution in [-0.2, 0) is 0 Å². The van der Waals surface area contributed by atoms with Crippen LogP contribution in [0.4, 0.5) is 0 Å². The maximum Gasteiger partial charge on any atom is 0.0438 e. The van der Waals surface area contributed by atoms with E-state index in [1.54, 1.807) is 0 Å². The predicted molar refractivity (Wildman–Crippen MR) is 72.3 cm³/mol. The Morgan fingerprint density at radius 3 is 2.53 bits per heavy atom. The first kappa shape index (κ1) is 12.6. The van der Waals surface area contributed by atoms with E-state index < -0.39 is 0 Å². The maximum atomic E-state index is 4.89. The molecule has 2 rings (SSSR count). The van der Waals surface area contributed by atoms with Gasteiger partial charge in [0.15, 0.2) is 0 Å². The van der Waals surface area contributed by atoms with E-state index in [-0.39, 0.29) is 0 Å². The Balaban J connectivity index is 2.15. The molecule has 1 saturated heterocycles. The second-order valence-corrected chi connectivity index (χ2v) is 5.54. The molecule has 0 amide bonds. The van der Waals surface area contributed by atoms with Gasteiger partial charge in [-0.15, -0.1) is 0 Å². The third kappa shape index (κ3) is 3.06. The average molecular weight is 232 g/mol. The van der Waals surface area contributed by atoms with Gasteiger partial charge in [0.05, 0.1) is 0 Å². The van der Waals surface area contributed by atoms with Gasteiger partial charge in [0, 0.05) is 23.2 Å². The fraction of sp³-hybridized carbons (Fsp3) is 0.667. The number of nitrogens with zero attached hydrogens (tertiary/aromatic N) is 1. The van der Waals surface area contributed by atoms with Crippen molar-refractivity contribution in [3.63, 3.8) is 0 Å². The Labute approximate surface area is 105 Å². The van der Waals surface area contributed by atoms with E-state index in [0.29, 0.717) is 17.8 Å². The molecule has 0 aliphatic carbocycles. The highest BCUT2D eigenvalue weighted by Gasteiger charge is 2.18. The third-order valence-corrected chi connectivity index (χ3v) is 4.02. The van der Waals surface area contributed by atoms with Crippen molar-refractivity contribution < 1.29 is 0 Å². The van der Waals surface area contributed by atoms with Crippen molar-refractivity contribution in [2.75, 3.05) is 13.1 Å². The molecule has 1 aliphatic rings. The van der Waals surface area contributed by atoms with E-state index in [0.717, 1.165) is 13.1 Å². The van der Waals surface area contributed by atoms with Crippen LogP contribution in [0.1, 0.15) is 56.8 Å². The van der Waals surface area contributed by atoms with Crippen molar-refractivity contribution in [1.82, 2.24) is 10.3 Å². The molecule has 0 aromatic carbocycles. The lowest BCUT2D eigenvalue weighted by Crippen LogP contribution is -2.27. The SMILES string of the molecule is CC(C)[C@@H](C)c1cccc(C2CCNCC2)n1. The summed E-state index contributed by atoms with van der Waals surface area (Å²) in [5.41, 5.74) is 2.56. The molecule has 1 aliphatic heterocycles. The highest BCUT2D eigenvalue weighted by Crippen LogP contribution is 2.27. The molecule has 2 nitrogen and oxygen atoms in total. The van der Waals surface area contributed by atoms with E-state index >= 15 is 0 Å². The van der Waals surface area contributed by atoms with Crippen LogP contribution in [-0.4, -0.2) is 18.1 Å². The number of aromatic nitrogens is 1. The van der Waals surface area contributed by atoms with Crippen molar-refractivity contribution in [2.24, 2.45) is 5.92 Å². The van der Waals surface area contributed by atoms with E-state index in [9.17, 15) is 0 Å². The maximum absolute atomic E-state index is 4.89. The van der Waals surface area contributed by atoms with Gasteiger partial charge in [0.25, 0.3) is 0 Å². The standard InChI is InChI=1S/C15H24N2/c1-11(2)12(3)14-5-4-6-15(17-14)13-7-9-16-10-8-13/h4-6,11-13,16H,7-10H2,1-3H3/t12-/m1/s1. The Bertz CT molecular complexity index is 354. The first-order valence-electron chi connectivity index (χ1n) is 6.86. The normalized spacial score (nSPS) is 19.5. The van der Waals surface area contributed by atoms with Gasteiger partial charge in [-0.3, -0.25) is 4.98 Å². The van der Waals surface area contributed by atoms with Crippen LogP contribution in [0.25, 0.3) is 0 Å². The fourth-order valence-corrected chi connectivity index (χ4v) is 2.41. The molecular weight excluding hydrogens is 208 g/mol. The van der Waals surface area contributed by atoms with Crippen LogP contribution in [0.3, 0.4) is 0 Å². The van der Waals surface area contributed by atoms with Gasteiger partial charge in [0.2, 0.25) is 0 Å². The Kier molecular flexibility index (Phi) is 4.16. The monoisotopic (exact) mass is 232 g/mol. The third-order valence-electron chi connectivity index (χ3n) is 4.02. The quantitative estimate of drug-likeness (QED) is 0.865. The second-order valence-electron chi connectivity index (χ2n) is 5.54. The lowest BCUT2D eigenvalue weighted by Gasteiger charge is -2.23. The lowest BCUT2D eigenvalue weighted by molar-refractivity contribution is 0.449. The average Bonchev–Trinajstić information content (AvgIpc) is 2.39. The molecule has 17 heavy (non-hydrogen) atoms. The molecule has 1 N–H and O–H groups in total. The first-order chi connectivity index (χ1) is 8.18. The van der Waals surface area contributed by atoms with Crippen LogP contribution in [0.5, 0.6) is 0 Å². The number of hydrogen-bond acceptors (Lipinski definition) is 2. The molecule has 0 saturated carbocycles. The summed E-state index contributed by atoms with van der Waals surface area (Å²) in [7, 11) is 0. The second kappa shape index (κ2) is 5.63. The van der Waals surface area contributed by atoms with Crippen LogP contribution in [0.2, 0.25) is 0 Å². The molecule has 0 spiro atoms. The number of piperidine rings is 1. The number of hydrogen-bond donors (Lipinski definition) is 1. The van der Waals surface area contributed by atoms with Gasteiger partial charge < -0.3 is 5.32 Å². The summed E-state index contributed by atoms with van der Waals surface area (Å²) >= 11 is 0. The molecule has 0 radical (unpaired) electrons.